The smallest absolute Gasteiger partial charge is 0.272 e. The summed E-state index contributed by atoms with van der Waals surface area (Å²) in [6.45, 7) is 0. The van der Waals surface area contributed by atoms with E-state index in [9.17, 15) is 9.59 Å². The zero-order valence-electron chi connectivity index (χ0n) is 27.2. The van der Waals surface area contributed by atoms with Gasteiger partial charge < -0.3 is 14.9 Å². The molecule has 0 unspecified atom stereocenters. The van der Waals surface area contributed by atoms with Crippen molar-refractivity contribution in [2.45, 2.75) is 0 Å². The fourth-order valence-electron chi connectivity index (χ4n) is 7.86. The van der Waals surface area contributed by atoms with E-state index in [1.807, 2.05) is 42.5 Å². The summed E-state index contributed by atoms with van der Waals surface area (Å²) in [4.78, 5) is 26.7. The first-order valence-corrected chi connectivity index (χ1v) is 16.8. The lowest BCUT2D eigenvalue weighted by atomic mass is 9.92. The average Bonchev–Trinajstić information content (AvgIpc) is 3.70. The number of nitrogens with one attached hydrogen (secondary N) is 2. The molecule has 0 aliphatic heterocycles. The van der Waals surface area contributed by atoms with Gasteiger partial charge in [0.1, 0.15) is 0 Å². The number of benzene rings is 7. The minimum absolute atomic E-state index is 0.171. The Morgan fingerprint density at radius 2 is 0.765 bits per heavy atom. The van der Waals surface area contributed by atoms with Gasteiger partial charge in [0.25, 0.3) is 11.1 Å². The Labute approximate surface area is 290 Å². The molecular formula is C44H29N5O2. The van der Waals surface area contributed by atoms with E-state index >= 15 is 0 Å². The van der Waals surface area contributed by atoms with Gasteiger partial charge in [0.15, 0.2) is 0 Å². The fourth-order valence-corrected chi connectivity index (χ4v) is 7.86. The third-order valence-electron chi connectivity index (χ3n) is 10.1. The van der Waals surface area contributed by atoms with E-state index in [1.165, 1.54) is 21.5 Å². The van der Waals surface area contributed by atoms with Gasteiger partial charge in [-0.3, -0.25) is 19.8 Å². The molecule has 242 valence electrons. The van der Waals surface area contributed by atoms with Gasteiger partial charge in [0.2, 0.25) is 0 Å². The molecule has 7 heteroatoms. The van der Waals surface area contributed by atoms with Crippen LogP contribution in [-0.2, 0) is 0 Å². The van der Waals surface area contributed by atoms with Crippen molar-refractivity contribution in [3.8, 4) is 33.6 Å². The number of fused-ring (bicyclic) bond motifs is 7. The number of rotatable bonds is 4. The van der Waals surface area contributed by atoms with Crippen LogP contribution in [0.3, 0.4) is 0 Å². The van der Waals surface area contributed by atoms with Crippen molar-refractivity contribution in [3.05, 3.63) is 172 Å². The van der Waals surface area contributed by atoms with E-state index in [0.717, 1.165) is 44.6 Å². The molecule has 7 aromatic carbocycles. The largest absolute Gasteiger partial charge is 0.398 e. The minimum Gasteiger partial charge on any atom is -0.398 e. The lowest BCUT2D eigenvalue weighted by Crippen LogP contribution is -2.21. The lowest BCUT2D eigenvalue weighted by molar-refractivity contribution is 0.977. The molecule has 10 rings (SSSR count). The summed E-state index contributed by atoms with van der Waals surface area (Å²) in [5.74, 6) is 0. The topological polar surface area (TPSA) is 102 Å². The number of nitrogens with two attached hydrogens (primary N) is 1. The first kappa shape index (κ1) is 28.9. The molecule has 0 aliphatic rings. The van der Waals surface area contributed by atoms with Crippen molar-refractivity contribution in [2.75, 3.05) is 5.73 Å². The third kappa shape index (κ3) is 4.25. The van der Waals surface area contributed by atoms with Crippen LogP contribution in [0.15, 0.2) is 161 Å². The normalized spacial score (nSPS) is 11.8. The number of aromatic nitrogens is 4. The highest BCUT2D eigenvalue weighted by Gasteiger charge is 2.20. The highest BCUT2D eigenvalue weighted by molar-refractivity contribution is 6.11. The molecule has 0 saturated carbocycles. The lowest BCUT2D eigenvalue weighted by Gasteiger charge is -2.15. The maximum Gasteiger partial charge on any atom is 0.272 e. The van der Waals surface area contributed by atoms with E-state index in [2.05, 4.69) is 129 Å². The molecule has 0 atom stereocenters. The molecule has 0 aliphatic carbocycles. The number of aromatic amines is 2. The van der Waals surface area contributed by atoms with Crippen molar-refractivity contribution in [1.29, 1.82) is 0 Å². The Morgan fingerprint density at radius 1 is 0.412 bits per heavy atom. The van der Waals surface area contributed by atoms with Crippen LogP contribution in [0.1, 0.15) is 0 Å². The summed E-state index contributed by atoms with van der Waals surface area (Å²) < 4.78 is 4.50. The summed E-state index contributed by atoms with van der Waals surface area (Å²) >= 11 is 0. The first-order chi connectivity index (χ1) is 25.1. The quantitative estimate of drug-likeness (QED) is 0.164. The molecule has 0 amide bonds. The summed E-state index contributed by atoms with van der Waals surface area (Å²) in [7, 11) is 0. The molecule has 0 radical (unpaired) electrons. The van der Waals surface area contributed by atoms with Gasteiger partial charge in [-0.05, 0) is 71.3 Å². The summed E-state index contributed by atoms with van der Waals surface area (Å²) in [6, 6.07) is 51.8. The van der Waals surface area contributed by atoms with Crippen LogP contribution in [0.5, 0.6) is 0 Å². The van der Waals surface area contributed by atoms with Gasteiger partial charge in [0, 0.05) is 38.5 Å². The Kier molecular flexibility index (Phi) is 6.19. The van der Waals surface area contributed by atoms with Gasteiger partial charge >= 0.3 is 0 Å². The Bertz CT molecular complexity index is 3020. The molecule has 4 N–H and O–H groups in total. The molecule has 3 heterocycles. The van der Waals surface area contributed by atoms with E-state index in [4.69, 9.17) is 5.73 Å². The number of hydrogen-bond acceptors (Lipinski definition) is 3. The van der Waals surface area contributed by atoms with Crippen LogP contribution >= 0.6 is 0 Å². The SMILES string of the molecule is Nc1c(-c2ccc(-n3c4ccccc4c4ccccc43)cc2)cc(-c2ccc(-n3c4ccccc4c4ccccc43)cc2)c2c(=O)[nH][nH]c(=O)c12. The number of nitrogens with zero attached hydrogens (tertiary/aromatic N) is 2. The zero-order valence-corrected chi connectivity index (χ0v) is 27.2. The second-order valence-corrected chi connectivity index (χ2v) is 12.9. The third-order valence-corrected chi connectivity index (χ3v) is 10.1. The van der Waals surface area contributed by atoms with Gasteiger partial charge in [-0.1, -0.05) is 97.1 Å². The highest BCUT2D eigenvalue weighted by atomic mass is 16.1. The molecule has 51 heavy (non-hydrogen) atoms. The standard InChI is InChI=1S/C44H29N5O2/c45-42-35(27-19-23-29(24-20-27)49-38-15-7-3-11-32(38)33-12-4-8-16-39(33)49)25-34(40-41(42)44(51)47-46-43(40)50)26-17-21-28(22-18-26)48-36-13-5-1-9-30(36)31-10-2-6-14-37(31)48/h1-25H,45H2,(H,46,50)(H,47,51). The molecule has 0 fully saturated rings. The Balaban J connectivity index is 1.13. The van der Waals surface area contributed by atoms with Crippen LogP contribution in [0, 0.1) is 0 Å². The molecule has 3 aromatic heterocycles. The van der Waals surface area contributed by atoms with Crippen LogP contribution in [-0.4, -0.2) is 19.3 Å². The summed E-state index contributed by atoms with van der Waals surface area (Å²) in [5, 5.41) is 10.2. The van der Waals surface area contributed by atoms with Gasteiger partial charge in [-0.15, -0.1) is 0 Å². The fraction of sp³-hybridized carbons (Fsp3) is 0. The van der Waals surface area contributed by atoms with E-state index in [1.54, 1.807) is 0 Å². The summed E-state index contributed by atoms with van der Waals surface area (Å²) in [5.41, 5.74) is 15.5. The molecule has 0 saturated heterocycles. The number of anilines is 1. The van der Waals surface area contributed by atoms with Crippen molar-refractivity contribution < 1.29 is 0 Å². The molecule has 0 spiro atoms. The average molecular weight is 660 g/mol. The van der Waals surface area contributed by atoms with Crippen LogP contribution in [0.2, 0.25) is 0 Å². The highest BCUT2D eigenvalue weighted by Crippen LogP contribution is 2.39. The Hall–Kier alpha value is -7.12. The van der Waals surface area contributed by atoms with Crippen LogP contribution < -0.4 is 16.9 Å². The van der Waals surface area contributed by atoms with Crippen molar-refractivity contribution in [2.24, 2.45) is 0 Å². The monoisotopic (exact) mass is 659 g/mol. The molecular weight excluding hydrogens is 631 g/mol. The number of para-hydroxylation sites is 4. The second-order valence-electron chi connectivity index (χ2n) is 12.9. The van der Waals surface area contributed by atoms with E-state index in [-0.39, 0.29) is 16.5 Å². The number of H-pyrrole nitrogens is 2. The number of hydrogen-bond donors (Lipinski definition) is 3. The van der Waals surface area contributed by atoms with Gasteiger partial charge in [0.05, 0.1) is 38.5 Å². The molecule has 7 nitrogen and oxygen atoms in total. The van der Waals surface area contributed by atoms with Crippen LogP contribution in [0.25, 0.3) is 88.0 Å². The van der Waals surface area contributed by atoms with E-state index in [0.29, 0.717) is 11.1 Å². The second kappa shape index (κ2) is 10.9. The molecule has 0 bridgehead atoms. The van der Waals surface area contributed by atoms with Crippen molar-refractivity contribution in [1.82, 2.24) is 19.3 Å². The molecule has 10 aromatic rings. The van der Waals surface area contributed by atoms with Gasteiger partial charge in [-0.25, -0.2) is 0 Å². The predicted molar refractivity (Wildman–Crippen MR) is 209 cm³/mol. The van der Waals surface area contributed by atoms with Crippen molar-refractivity contribution >= 4 is 60.1 Å². The van der Waals surface area contributed by atoms with Crippen LogP contribution in [0.4, 0.5) is 5.69 Å². The first-order valence-electron chi connectivity index (χ1n) is 16.8. The maximum absolute atomic E-state index is 13.4. The van der Waals surface area contributed by atoms with E-state index < -0.39 is 11.1 Å². The maximum atomic E-state index is 13.4. The van der Waals surface area contributed by atoms with Gasteiger partial charge in [-0.2, -0.15) is 0 Å². The summed E-state index contributed by atoms with van der Waals surface area (Å²) in [6.07, 6.45) is 0. The Morgan fingerprint density at radius 3 is 1.18 bits per heavy atom. The number of nitrogen functional groups attached to an aromatic ring is 1. The minimum atomic E-state index is -0.450. The predicted octanol–water partition coefficient (Wildman–Crippen LogP) is 9.33. The van der Waals surface area contributed by atoms with Crippen molar-refractivity contribution in [3.63, 3.8) is 0 Å². The zero-order chi connectivity index (χ0) is 34.2.